The molecule has 0 atom stereocenters. The number of aliphatic hydroxyl groups excluding tert-OH is 1. The van der Waals surface area contributed by atoms with Crippen molar-refractivity contribution >= 4 is 17.2 Å². The number of aliphatic hydroxyl groups is 1. The van der Waals surface area contributed by atoms with E-state index < -0.39 is 0 Å². The van der Waals surface area contributed by atoms with Crippen molar-refractivity contribution in [3.8, 4) is 0 Å². The van der Waals surface area contributed by atoms with Crippen LogP contribution in [0.15, 0.2) is 0 Å². The molecular weight excluding hydrogens is 172 g/mol. The highest BCUT2D eigenvalue weighted by Gasteiger charge is 2.02. The first-order chi connectivity index (χ1) is 5.70. The van der Waals surface area contributed by atoms with E-state index >= 15 is 0 Å². The van der Waals surface area contributed by atoms with Crippen LogP contribution in [0.2, 0.25) is 0 Å². The molecule has 0 unspecified atom stereocenters. The highest BCUT2D eigenvalue weighted by Crippen LogP contribution is 1.93. The molecule has 0 bridgehead atoms. The third-order valence-corrected chi connectivity index (χ3v) is 1.83. The third kappa shape index (κ3) is 6.52. The van der Waals surface area contributed by atoms with Gasteiger partial charge >= 0.3 is 0 Å². The Morgan fingerprint density at radius 3 is 2.50 bits per heavy atom. The van der Waals surface area contributed by atoms with Crippen LogP contribution in [0.4, 0.5) is 0 Å². The molecule has 0 spiro atoms. The van der Waals surface area contributed by atoms with Crippen molar-refractivity contribution in [3.63, 3.8) is 0 Å². The number of rotatable bonds is 7. The lowest BCUT2D eigenvalue weighted by Gasteiger charge is -2.19. The van der Waals surface area contributed by atoms with Crippen molar-refractivity contribution in [2.75, 3.05) is 26.2 Å². The molecule has 12 heavy (non-hydrogen) atoms. The fourth-order valence-corrected chi connectivity index (χ4v) is 1.15. The van der Waals surface area contributed by atoms with Gasteiger partial charge in [0.1, 0.15) is 0 Å². The summed E-state index contributed by atoms with van der Waals surface area (Å²) in [6, 6.07) is 0. The Kier molecular flexibility index (Phi) is 7.34. The predicted molar refractivity (Wildman–Crippen MR) is 55.2 cm³/mol. The minimum absolute atomic E-state index is 0.206. The molecule has 0 aliphatic carbocycles. The topological polar surface area (TPSA) is 49.5 Å². The van der Waals surface area contributed by atoms with Crippen molar-refractivity contribution in [3.05, 3.63) is 0 Å². The standard InChI is InChI=1S/C8H18N2OS/c1-2-4-10(6-7-11)5-3-8(9)12/h11H,2-7H2,1H3,(H2,9,12). The summed E-state index contributed by atoms with van der Waals surface area (Å²) in [5.74, 6) is 0. The highest BCUT2D eigenvalue weighted by molar-refractivity contribution is 7.80. The first-order valence-electron chi connectivity index (χ1n) is 4.32. The molecule has 3 N–H and O–H groups in total. The summed E-state index contributed by atoms with van der Waals surface area (Å²) >= 11 is 4.77. The lowest BCUT2D eigenvalue weighted by molar-refractivity contribution is 0.199. The number of hydrogen-bond donors (Lipinski definition) is 2. The van der Waals surface area contributed by atoms with Crippen molar-refractivity contribution in [2.45, 2.75) is 19.8 Å². The van der Waals surface area contributed by atoms with Gasteiger partial charge in [0, 0.05) is 19.5 Å². The smallest absolute Gasteiger partial charge is 0.0740 e. The Labute approximate surface area is 79.5 Å². The first kappa shape index (κ1) is 11.8. The van der Waals surface area contributed by atoms with Gasteiger partial charge < -0.3 is 15.7 Å². The van der Waals surface area contributed by atoms with Gasteiger partial charge in [0.25, 0.3) is 0 Å². The highest BCUT2D eigenvalue weighted by atomic mass is 32.1. The SMILES string of the molecule is CCCN(CCO)CCC(N)=S. The average molecular weight is 190 g/mol. The number of nitrogens with two attached hydrogens (primary N) is 1. The van der Waals surface area contributed by atoms with Gasteiger partial charge in [-0.15, -0.1) is 0 Å². The summed E-state index contributed by atoms with van der Waals surface area (Å²) in [5, 5.41) is 8.72. The van der Waals surface area contributed by atoms with Gasteiger partial charge in [0.2, 0.25) is 0 Å². The Morgan fingerprint density at radius 2 is 2.08 bits per heavy atom. The van der Waals surface area contributed by atoms with E-state index in [0.717, 1.165) is 32.5 Å². The lowest BCUT2D eigenvalue weighted by Crippen LogP contribution is -2.30. The molecule has 0 aromatic carbocycles. The van der Waals surface area contributed by atoms with Crippen molar-refractivity contribution in [1.29, 1.82) is 0 Å². The lowest BCUT2D eigenvalue weighted by atomic mass is 10.3. The largest absolute Gasteiger partial charge is 0.395 e. The molecule has 4 heteroatoms. The van der Waals surface area contributed by atoms with Crippen molar-refractivity contribution < 1.29 is 5.11 Å². The molecule has 0 radical (unpaired) electrons. The minimum Gasteiger partial charge on any atom is -0.395 e. The maximum atomic E-state index is 8.72. The maximum absolute atomic E-state index is 8.72. The molecule has 0 saturated carbocycles. The van der Waals surface area contributed by atoms with E-state index in [9.17, 15) is 0 Å². The summed E-state index contributed by atoms with van der Waals surface area (Å²) in [6.45, 7) is 4.91. The van der Waals surface area contributed by atoms with Crippen LogP contribution in [-0.4, -0.2) is 41.2 Å². The fourth-order valence-electron chi connectivity index (χ4n) is 1.06. The summed E-state index contributed by atoms with van der Waals surface area (Å²) in [7, 11) is 0. The predicted octanol–water partition coefficient (Wildman–Crippen LogP) is 0.367. The van der Waals surface area contributed by atoms with Gasteiger partial charge in [-0.2, -0.15) is 0 Å². The Balaban J connectivity index is 3.54. The molecule has 0 aliphatic heterocycles. The Morgan fingerprint density at radius 1 is 1.42 bits per heavy atom. The number of nitrogens with zero attached hydrogens (tertiary/aromatic N) is 1. The van der Waals surface area contributed by atoms with Gasteiger partial charge in [-0.05, 0) is 13.0 Å². The van der Waals surface area contributed by atoms with Crippen LogP contribution in [0.1, 0.15) is 19.8 Å². The van der Waals surface area contributed by atoms with Crippen LogP contribution >= 0.6 is 12.2 Å². The first-order valence-corrected chi connectivity index (χ1v) is 4.73. The molecule has 0 saturated heterocycles. The summed E-state index contributed by atoms with van der Waals surface area (Å²) in [4.78, 5) is 2.72. The van der Waals surface area contributed by atoms with Crippen LogP contribution in [-0.2, 0) is 0 Å². The van der Waals surface area contributed by atoms with Crippen molar-refractivity contribution in [1.82, 2.24) is 4.90 Å². The zero-order valence-electron chi connectivity index (χ0n) is 7.62. The molecule has 72 valence electrons. The normalized spacial score (nSPS) is 10.6. The van der Waals surface area contributed by atoms with Crippen LogP contribution in [0.3, 0.4) is 0 Å². The third-order valence-electron chi connectivity index (χ3n) is 1.63. The summed E-state index contributed by atoms with van der Waals surface area (Å²) in [5.41, 5.74) is 5.38. The second-order valence-corrected chi connectivity index (χ2v) is 3.31. The Bertz CT molecular complexity index is 124. The van der Waals surface area contributed by atoms with Crippen LogP contribution in [0, 0.1) is 0 Å². The van der Waals surface area contributed by atoms with Crippen molar-refractivity contribution in [2.24, 2.45) is 5.73 Å². The monoisotopic (exact) mass is 190 g/mol. The molecule has 0 amide bonds. The molecule has 0 heterocycles. The van der Waals surface area contributed by atoms with Gasteiger partial charge in [-0.25, -0.2) is 0 Å². The van der Waals surface area contributed by atoms with Gasteiger partial charge in [-0.3, -0.25) is 0 Å². The van der Waals surface area contributed by atoms with Gasteiger partial charge in [-0.1, -0.05) is 19.1 Å². The van der Waals surface area contributed by atoms with E-state index in [1.54, 1.807) is 0 Å². The molecular formula is C8H18N2OS. The van der Waals surface area contributed by atoms with Crippen LogP contribution in [0.5, 0.6) is 0 Å². The van der Waals surface area contributed by atoms with Crippen LogP contribution in [0.25, 0.3) is 0 Å². The fraction of sp³-hybridized carbons (Fsp3) is 0.875. The summed E-state index contributed by atoms with van der Waals surface area (Å²) < 4.78 is 0. The Hall–Kier alpha value is -0.190. The van der Waals surface area contributed by atoms with E-state index in [1.165, 1.54) is 0 Å². The van der Waals surface area contributed by atoms with E-state index in [4.69, 9.17) is 23.1 Å². The zero-order chi connectivity index (χ0) is 9.40. The molecule has 0 rings (SSSR count). The zero-order valence-corrected chi connectivity index (χ0v) is 8.44. The quantitative estimate of drug-likeness (QED) is 0.569. The molecule has 3 nitrogen and oxygen atoms in total. The number of thiocarbonyl (C=S) groups is 1. The summed E-state index contributed by atoms with van der Waals surface area (Å²) in [6.07, 6.45) is 1.84. The molecule has 0 aliphatic rings. The molecule has 0 aromatic rings. The van der Waals surface area contributed by atoms with E-state index in [2.05, 4.69) is 11.8 Å². The van der Waals surface area contributed by atoms with Gasteiger partial charge in [0.05, 0.1) is 11.6 Å². The van der Waals surface area contributed by atoms with E-state index in [1.807, 2.05) is 0 Å². The maximum Gasteiger partial charge on any atom is 0.0740 e. The van der Waals surface area contributed by atoms with E-state index in [-0.39, 0.29) is 6.61 Å². The second kappa shape index (κ2) is 7.46. The minimum atomic E-state index is 0.206. The van der Waals surface area contributed by atoms with Crippen LogP contribution < -0.4 is 5.73 Å². The molecule has 0 aromatic heterocycles. The second-order valence-electron chi connectivity index (χ2n) is 2.78. The van der Waals surface area contributed by atoms with Gasteiger partial charge in [0.15, 0.2) is 0 Å². The molecule has 0 fully saturated rings. The average Bonchev–Trinajstić information content (AvgIpc) is 2.01. The van der Waals surface area contributed by atoms with E-state index in [0.29, 0.717) is 4.99 Å². The number of hydrogen-bond acceptors (Lipinski definition) is 3.